The number of hydrogen-bond donors (Lipinski definition) is 0. The lowest BCUT2D eigenvalue weighted by Gasteiger charge is -2.06. The van der Waals surface area contributed by atoms with Gasteiger partial charge in [0.15, 0.2) is 0 Å². The molecule has 0 spiro atoms. The first-order valence-corrected chi connectivity index (χ1v) is 5.41. The predicted octanol–water partition coefficient (Wildman–Crippen LogP) is 1.57. The fraction of sp³-hybridized carbons (Fsp3) is 0.200. The maximum Gasteiger partial charge on any atom is 0.224 e. The van der Waals surface area contributed by atoms with Crippen molar-refractivity contribution in [2.24, 2.45) is 0 Å². The Labute approximate surface area is 91.7 Å². The molecule has 0 N–H and O–H groups in total. The SMILES string of the molecule is C/[N+]([O-])=C(/Cn1ccnc1)c1cccs1. The topological polar surface area (TPSA) is 43.9 Å². The van der Waals surface area contributed by atoms with Crippen LogP contribution in [0, 0.1) is 5.21 Å². The van der Waals surface area contributed by atoms with Gasteiger partial charge < -0.3 is 9.77 Å². The maximum atomic E-state index is 11.4. The van der Waals surface area contributed by atoms with E-state index in [1.165, 1.54) is 7.05 Å². The first-order chi connectivity index (χ1) is 7.27. The summed E-state index contributed by atoms with van der Waals surface area (Å²) in [4.78, 5) is 4.95. The molecule has 5 heteroatoms. The molecule has 0 aliphatic rings. The fourth-order valence-electron chi connectivity index (χ4n) is 1.33. The van der Waals surface area contributed by atoms with Gasteiger partial charge in [0.05, 0.1) is 11.2 Å². The van der Waals surface area contributed by atoms with Gasteiger partial charge in [0.25, 0.3) is 0 Å². The summed E-state index contributed by atoms with van der Waals surface area (Å²) in [5.74, 6) is 0. The number of thiophene rings is 1. The third-order valence-corrected chi connectivity index (χ3v) is 3.00. The van der Waals surface area contributed by atoms with Crippen molar-refractivity contribution in [1.82, 2.24) is 9.55 Å². The van der Waals surface area contributed by atoms with E-state index in [1.807, 2.05) is 28.3 Å². The van der Waals surface area contributed by atoms with Crippen LogP contribution in [0.3, 0.4) is 0 Å². The monoisotopic (exact) mass is 221 g/mol. The molecule has 15 heavy (non-hydrogen) atoms. The van der Waals surface area contributed by atoms with E-state index in [1.54, 1.807) is 23.9 Å². The third-order valence-electron chi connectivity index (χ3n) is 2.08. The molecule has 2 rings (SSSR count). The second-order valence-corrected chi connectivity index (χ2v) is 4.10. The average molecular weight is 221 g/mol. The number of hydroxylamine groups is 1. The third kappa shape index (κ3) is 2.24. The Morgan fingerprint density at radius 2 is 2.53 bits per heavy atom. The van der Waals surface area contributed by atoms with Crippen molar-refractivity contribution in [1.29, 1.82) is 0 Å². The first-order valence-electron chi connectivity index (χ1n) is 4.53. The van der Waals surface area contributed by atoms with Gasteiger partial charge in [0, 0.05) is 12.4 Å². The minimum atomic E-state index is 0.556. The highest BCUT2D eigenvalue weighted by atomic mass is 32.1. The van der Waals surface area contributed by atoms with Crippen LogP contribution >= 0.6 is 11.3 Å². The Morgan fingerprint density at radius 1 is 1.67 bits per heavy atom. The van der Waals surface area contributed by atoms with Gasteiger partial charge in [-0.15, -0.1) is 11.3 Å². The molecule has 0 aliphatic carbocycles. The number of nitrogens with zero attached hydrogens (tertiary/aromatic N) is 3. The summed E-state index contributed by atoms with van der Waals surface area (Å²) in [5.41, 5.74) is 0.753. The summed E-state index contributed by atoms with van der Waals surface area (Å²) in [6.07, 6.45) is 5.26. The van der Waals surface area contributed by atoms with Gasteiger partial charge in [-0.1, -0.05) is 6.07 Å². The lowest BCUT2D eigenvalue weighted by Crippen LogP contribution is -2.18. The van der Waals surface area contributed by atoms with Crippen molar-refractivity contribution >= 4 is 17.0 Å². The van der Waals surface area contributed by atoms with Gasteiger partial charge in [0.1, 0.15) is 13.6 Å². The molecule has 78 valence electrons. The molecule has 4 nitrogen and oxygen atoms in total. The van der Waals surface area contributed by atoms with Crippen LogP contribution in [0.5, 0.6) is 0 Å². The van der Waals surface area contributed by atoms with Crippen molar-refractivity contribution in [3.05, 3.63) is 46.3 Å². The number of rotatable bonds is 3. The molecule has 0 amide bonds. The zero-order valence-corrected chi connectivity index (χ0v) is 9.15. The average Bonchev–Trinajstić information content (AvgIpc) is 2.87. The molecule has 0 fully saturated rings. The summed E-state index contributed by atoms with van der Waals surface area (Å²) in [5, 5.41) is 13.4. The van der Waals surface area contributed by atoms with Gasteiger partial charge >= 0.3 is 0 Å². The molecule has 2 aromatic heterocycles. The van der Waals surface area contributed by atoms with E-state index >= 15 is 0 Å². The summed E-state index contributed by atoms with van der Waals surface area (Å²) < 4.78 is 2.79. The Morgan fingerprint density at radius 3 is 3.07 bits per heavy atom. The van der Waals surface area contributed by atoms with Crippen LogP contribution in [0.4, 0.5) is 0 Å². The van der Waals surface area contributed by atoms with E-state index in [0.717, 1.165) is 15.3 Å². The molecule has 0 unspecified atom stereocenters. The van der Waals surface area contributed by atoms with E-state index in [0.29, 0.717) is 6.54 Å². The molecule has 0 atom stereocenters. The van der Waals surface area contributed by atoms with Crippen molar-refractivity contribution < 1.29 is 4.74 Å². The van der Waals surface area contributed by atoms with Crippen molar-refractivity contribution in [3.8, 4) is 0 Å². The van der Waals surface area contributed by atoms with Crippen LogP contribution in [-0.4, -0.2) is 27.0 Å². The van der Waals surface area contributed by atoms with E-state index in [2.05, 4.69) is 4.98 Å². The van der Waals surface area contributed by atoms with Gasteiger partial charge in [-0.05, 0) is 11.4 Å². The molecule has 0 aliphatic heterocycles. The molecule has 0 saturated carbocycles. The zero-order chi connectivity index (χ0) is 10.7. The van der Waals surface area contributed by atoms with Crippen LogP contribution in [0.1, 0.15) is 4.88 Å². The first kappa shape index (κ1) is 9.92. The van der Waals surface area contributed by atoms with E-state index in [9.17, 15) is 5.21 Å². The Kier molecular flexibility index (Phi) is 2.82. The molecule has 2 aromatic rings. The van der Waals surface area contributed by atoms with Crippen molar-refractivity contribution in [3.63, 3.8) is 0 Å². The van der Waals surface area contributed by atoms with E-state index in [4.69, 9.17) is 0 Å². The molecule has 2 heterocycles. The van der Waals surface area contributed by atoms with Gasteiger partial charge in [-0.3, -0.25) is 0 Å². The number of aromatic nitrogens is 2. The molecular weight excluding hydrogens is 210 g/mol. The van der Waals surface area contributed by atoms with Gasteiger partial charge in [-0.25, -0.2) is 9.72 Å². The summed E-state index contributed by atoms with van der Waals surface area (Å²) in [6, 6.07) is 3.89. The normalized spacial score (nSPS) is 12.6. The van der Waals surface area contributed by atoms with Gasteiger partial charge in [-0.2, -0.15) is 0 Å². The quantitative estimate of drug-likeness (QED) is 0.342. The largest absolute Gasteiger partial charge is 0.624 e. The molecular formula is C10H11N3OS. The predicted molar refractivity (Wildman–Crippen MR) is 60.2 cm³/mol. The van der Waals surface area contributed by atoms with Crippen molar-refractivity contribution in [2.45, 2.75) is 6.54 Å². The molecule has 0 aromatic carbocycles. The molecule has 0 saturated heterocycles. The Balaban J connectivity index is 2.27. The van der Waals surface area contributed by atoms with Crippen LogP contribution < -0.4 is 0 Å². The summed E-state index contributed by atoms with van der Waals surface area (Å²) >= 11 is 1.57. The highest BCUT2D eigenvalue weighted by Crippen LogP contribution is 2.11. The minimum Gasteiger partial charge on any atom is -0.624 e. The smallest absolute Gasteiger partial charge is 0.224 e. The highest BCUT2D eigenvalue weighted by Gasteiger charge is 2.12. The second kappa shape index (κ2) is 4.27. The molecule has 0 bridgehead atoms. The maximum absolute atomic E-state index is 11.4. The van der Waals surface area contributed by atoms with Crippen LogP contribution in [0.2, 0.25) is 0 Å². The molecule has 0 radical (unpaired) electrons. The zero-order valence-electron chi connectivity index (χ0n) is 8.33. The number of hydrogen-bond acceptors (Lipinski definition) is 3. The van der Waals surface area contributed by atoms with E-state index < -0.39 is 0 Å². The second-order valence-electron chi connectivity index (χ2n) is 3.16. The fourth-order valence-corrected chi connectivity index (χ4v) is 2.12. The lowest BCUT2D eigenvalue weighted by molar-refractivity contribution is -0.423. The number of imidazole rings is 1. The minimum absolute atomic E-state index is 0.556. The van der Waals surface area contributed by atoms with Gasteiger partial charge in [0.2, 0.25) is 5.71 Å². The van der Waals surface area contributed by atoms with E-state index in [-0.39, 0.29) is 0 Å². The summed E-state index contributed by atoms with van der Waals surface area (Å²) in [7, 11) is 1.52. The Hall–Kier alpha value is -1.62. The lowest BCUT2D eigenvalue weighted by atomic mass is 10.3. The Bertz CT molecular complexity index is 441. The van der Waals surface area contributed by atoms with Crippen LogP contribution in [0.25, 0.3) is 0 Å². The van der Waals surface area contributed by atoms with Crippen LogP contribution in [-0.2, 0) is 6.54 Å². The van der Waals surface area contributed by atoms with Crippen LogP contribution in [0.15, 0.2) is 36.2 Å². The highest BCUT2D eigenvalue weighted by molar-refractivity contribution is 7.12. The standard InChI is InChI=1S/C10H11N3OS/c1-12(14)9(10-3-2-6-15-10)7-13-5-4-11-8-13/h2-6,8H,7H2,1H3/b12-9+. The summed E-state index contributed by atoms with van der Waals surface area (Å²) in [6.45, 7) is 0.556. The van der Waals surface area contributed by atoms with Crippen molar-refractivity contribution in [2.75, 3.05) is 7.05 Å².